The third kappa shape index (κ3) is 0.799. The first-order valence-corrected chi connectivity index (χ1v) is 4.61. The van der Waals surface area contributed by atoms with Crippen LogP contribution in [0.25, 0.3) is 21.8 Å². The van der Waals surface area contributed by atoms with Gasteiger partial charge >= 0.3 is 0 Å². The van der Waals surface area contributed by atoms with E-state index < -0.39 is 0 Å². The Bertz CT molecular complexity index is 555. The molecule has 14 heavy (non-hydrogen) atoms. The average Bonchev–Trinajstić information content (AvgIpc) is 2.55. The summed E-state index contributed by atoms with van der Waals surface area (Å²) >= 11 is 0. The first-order valence-electron chi connectivity index (χ1n) is 4.61. The number of benzene rings is 2. The zero-order valence-corrected chi connectivity index (χ0v) is 7.64. The van der Waals surface area contributed by atoms with E-state index in [4.69, 9.17) is 5.84 Å². The number of rotatable bonds is 0. The lowest BCUT2D eigenvalue weighted by Crippen LogP contribution is -2.06. The fourth-order valence-electron chi connectivity index (χ4n) is 1.95. The quantitative estimate of drug-likeness (QED) is 0.532. The summed E-state index contributed by atoms with van der Waals surface area (Å²) in [7, 11) is 0. The molecule has 0 unspecified atom stereocenters. The highest BCUT2D eigenvalue weighted by molar-refractivity contribution is 6.07. The number of para-hydroxylation sites is 2. The molecule has 2 N–H and O–H groups in total. The topological polar surface area (TPSA) is 30.9 Å². The molecule has 1 aromatic heterocycles. The lowest BCUT2D eigenvalue weighted by atomic mass is 10.2. The molecule has 0 amide bonds. The first-order chi connectivity index (χ1) is 6.88. The van der Waals surface area contributed by atoms with Gasteiger partial charge in [-0.2, -0.15) is 0 Å². The highest BCUT2D eigenvalue weighted by Gasteiger charge is 2.05. The molecule has 0 atom stereocenters. The van der Waals surface area contributed by atoms with Gasteiger partial charge < -0.3 is 5.84 Å². The second kappa shape index (κ2) is 2.51. The lowest BCUT2D eigenvalue weighted by molar-refractivity contribution is 1.12. The zero-order valence-electron chi connectivity index (χ0n) is 7.64. The Morgan fingerprint density at radius 2 is 1.14 bits per heavy atom. The van der Waals surface area contributed by atoms with Gasteiger partial charge in [-0.25, -0.2) is 0 Å². The molecule has 3 rings (SSSR count). The molecule has 3 aromatic rings. The van der Waals surface area contributed by atoms with Crippen molar-refractivity contribution in [2.24, 2.45) is 0 Å². The van der Waals surface area contributed by atoms with Gasteiger partial charge in [0.1, 0.15) is 0 Å². The molecule has 0 radical (unpaired) electrons. The van der Waals surface area contributed by atoms with E-state index >= 15 is 0 Å². The largest absolute Gasteiger partial charge is 0.339 e. The number of nitrogens with two attached hydrogens (primary N) is 1. The molecule has 2 aromatic carbocycles. The molecule has 0 aliphatic carbocycles. The van der Waals surface area contributed by atoms with Gasteiger partial charge in [0, 0.05) is 10.8 Å². The second-order valence-corrected chi connectivity index (χ2v) is 3.40. The lowest BCUT2D eigenvalue weighted by Gasteiger charge is -1.95. The van der Waals surface area contributed by atoms with Crippen molar-refractivity contribution in [3.63, 3.8) is 0 Å². The number of fused-ring (bicyclic) bond motifs is 3. The fraction of sp³-hybridized carbons (Fsp3) is 0. The van der Waals surface area contributed by atoms with Crippen LogP contribution in [-0.4, -0.2) is 4.68 Å². The van der Waals surface area contributed by atoms with Gasteiger partial charge in [0.2, 0.25) is 0 Å². The van der Waals surface area contributed by atoms with Crippen LogP contribution in [-0.2, 0) is 0 Å². The molecular weight excluding hydrogens is 172 g/mol. The zero-order chi connectivity index (χ0) is 9.54. The first kappa shape index (κ1) is 7.44. The maximum atomic E-state index is 5.99. The molecule has 0 spiro atoms. The SMILES string of the molecule is Nn1c2ccccc2c2ccccc21. The minimum atomic E-state index is 1.08. The van der Waals surface area contributed by atoms with Crippen LogP contribution >= 0.6 is 0 Å². The van der Waals surface area contributed by atoms with Crippen molar-refractivity contribution < 1.29 is 0 Å². The van der Waals surface area contributed by atoms with E-state index in [1.165, 1.54) is 10.8 Å². The van der Waals surface area contributed by atoms with Crippen LogP contribution in [0, 0.1) is 0 Å². The van der Waals surface area contributed by atoms with Crippen molar-refractivity contribution >= 4 is 21.8 Å². The van der Waals surface area contributed by atoms with E-state index in [1.807, 2.05) is 36.4 Å². The molecule has 1 heterocycles. The predicted octanol–water partition coefficient (Wildman–Crippen LogP) is 2.51. The molecule has 0 aliphatic rings. The summed E-state index contributed by atoms with van der Waals surface area (Å²) in [6, 6.07) is 16.4. The summed E-state index contributed by atoms with van der Waals surface area (Å²) in [5.41, 5.74) is 2.16. The molecular formula is C12H10N2. The minimum absolute atomic E-state index is 1.08. The van der Waals surface area contributed by atoms with Crippen LogP contribution in [0.1, 0.15) is 0 Å². The summed E-state index contributed by atoms with van der Waals surface area (Å²) in [5.74, 6) is 5.99. The van der Waals surface area contributed by atoms with Crippen LogP contribution in [0.15, 0.2) is 48.5 Å². The van der Waals surface area contributed by atoms with E-state index in [9.17, 15) is 0 Å². The summed E-state index contributed by atoms with van der Waals surface area (Å²) in [6.45, 7) is 0. The Morgan fingerprint density at radius 1 is 0.714 bits per heavy atom. The van der Waals surface area contributed by atoms with E-state index in [2.05, 4.69) is 12.1 Å². The van der Waals surface area contributed by atoms with Gasteiger partial charge in [-0.3, -0.25) is 4.68 Å². The molecule has 0 aliphatic heterocycles. The summed E-state index contributed by atoms with van der Waals surface area (Å²) < 4.78 is 1.74. The Kier molecular flexibility index (Phi) is 1.34. The van der Waals surface area contributed by atoms with Crippen molar-refractivity contribution in [2.45, 2.75) is 0 Å². The van der Waals surface area contributed by atoms with Crippen LogP contribution in [0.5, 0.6) is 0 Å². The Hall–Kier alpha value is -1.96. The van der Waals surface area contributed by atoms with Gasteiger partial charge in [-0.15, -0.1) is 0 Å². The number of hydrogen-bond acceptors (Lipinski definition) is 1. The number of nitrogen functional groups attached to an aromatic ring is 1. The van der Waals surface area contributed by atoms with Gasteiger partial charge in [0.05, 0.1) is 11.0 Å². The highest BCUT2D eigenvalue weighted by atomic mass is 15.3. The van der Waals surface area contributed by atoms with E-state index in [1.54, 1.807) is 4.68 Å². The Labute approximate surface area is 81.5 Å². The fourth-order valence-corrected chi connectivity index (χ4v) is 1.95. The summed E-state index contributed by atoms with van der Waals surface area (Å²) in [4.78, 5) is 0. The van der Waals surface area contributed by atoms with Crippen LogP contribution in [0.2, 0.25) is 0 Å². The number of hydrogen-bond donors (Lipinski definition) is 1. The van der Waals surface area contributed by atoms with Gasteiger partial charge in [-0.1, -0.05) is 36.4 Å². The smallest absolute Gasteiger partial charge is 0.0703 e. The van der Waals surface area contributed by atoms with Crippen molar-refractivity contribution in [1.29, 1.82) is 0 Å². The van der Waals surface area contributed by atoms with Crippen LogP contribution in [0.4, 0.5) is 0 Å². The monoisotopic (exact) mass is 182 g/mol. The van der Waals surface area contributed by atoms with Crippen LogP contribution < -0.4 is 5.84 Å². The van der Waals surface area contributed by atoms with Gasteiger partial charge in [-0.05, 0) is 12.1 Å². The molecule has 0 saturated heterocycles. The highest BCUT2D eigenvalue weighted by Crippen LogP contribution is 2.26. The Balaban J connectivity index is 2.69. The van der Waals surface area contributed by atoms with Crippen molar-refractivity contribution in [3.8, 4) is 0 Å². The van der Waals surface area contributed by atoms with Gasteiger partial charge in [0.15, 0.2) is 0 Å². The standard InChI is InChI=1S/C12H10N2/c13-14-11-7-3-1-5-9(11)10-6-2-4-8-12(10)14/h1-8H,13H2. The van der Waals surface area contributed by atoms with Crippen LogP contribution in [0.3, 0.4) is 0 Å². The Morgan fingerprint density at radius 3 is 1.64 bits per heavy atom. The number of nitrogens with zero attached hydrogens (tertiary/aromatic N) is 1. The molecule has 0 fully saturated rings. The molecule has 2 nitrogen and oxygen atoms in total. The normalized spacial score (nSPS) is 11.1. The van der Waals surface area contributed by atoms with Gasteiger partial charge in [0.25, 0.3) is 0 Å². The maximum Gasteiger partial charge on any atom is 0.0703 e. The van der Waals surface area contributed by atoms with E-state index in [0.717, 1.165) is 11.0 Å². The van der Waals surface area contributed by atoms with Crippen molar-refractivity contribution in [1.82, 2.24) is 4.68 Å². The van der Waals surface area contributed by atoms with E-state index in [-0.39, 0.29) is 0 Å². The summed E-state index contributed by atoms with van der Waals surface area (Å²) in [6.07, 6.45) is 0. The molecule has 68 valence electrons. The molecule has 0 bridgehead atoms. The minimum Gasteiger partial charge on any atom is -0.339 e. The van der Waals surface area contributed by atoms with Crippen molar-refractivity contribution in [3.05, 3.63) is 48.5 Å². The van der Waals surface area contributed by atoms with E-state index in [0.29, 0.717) is 0 Å². The number of aromatic nitrogens is 1. The molecule has 2 heteroatoms. The second-order valence-electron chi connectivity index (χ2n) is 3.40. The maximum absolute atomic E-state index is 5.99. The third-order valence-electron chi connectivity index (χ3n) is 2.62. The predicted molar refractivity (Wildman–Crippen MR) is 59.6 cm³/mol. The molecule has 0 saturated carbocycles. The van der Waals surface area contributed by atoms with Crippen molar-refractivity contribution in [2.75, 3.05) is 5.84 Å². The average molecular weight is 182 g/mol. The summed E-state index contributed by atoms with van der Waals surface area (Å²) in [5, 5.41) is 2.43. The third-order valence-corrected chi connectivity index (χ3v) is 2.62.